The molecule has 7 aliphatic rings. The fourth-order valence-electron chi connectivity index (χ4n) is 17.6. The first-order valence-electron chi connectivity index (χ1n) is 46.1. The maximum absolute atomic E-state index is 13.8. The number of morpholine rings is 1. The number of aryl methyl sites for hydroxylation is 1. The lowest BCUT2D eigenvalue weighted by Gasteiger charge is -2.45. The molecule has 2 atom stereocenters. The molecule has 4 N–H and O–H groups in total. The Balaban J connectivity index is 0.000000194. The van der Waals surface area contributed by atoms with Crippen LogP contribution in [0.2, 0.25) is 0 Å². The van der Waals surface area contributed by atoms with Crippen LogP contribution in [0.3, 0.4) is 0 Å². The Morgan fingerprint density at radius 1 is 0.488 bits per heavy atom. The molecule has 0 radical (unpaired) electrons. The number of aromatic carboxylic acids is 4. The summed E-state index contributed by atoms with van der Waals surface area (Å²) in [5.74, 6) is 23.7. The van der Waals surface area contributed by atoms with E-state index >= 15 is 0 Å². The smallest absolute Gasteiger partial charge is 0.348 e. The molecule has 29 heteroatoms. The highest BCUT2D eigenvalue weighted by atomic mass is 32.2. The summed E-state index contributed by atoms with van der Waals surface area (Å²) in [5, 5.41) is 44.1. The molecular weight excluding hydrogens is 1730 g/mol. The fourth-order valence-corrected chi connectivity index (χ4v) is 21.8. The summed E-state index contributed by atoms with van der Waals surface area (Å²) >= 11 is 4.54. The predicted molar refractivity (Wildman–Crippen MR) is 518 cm³/mol. The number of hydrogen-bond acceptors (Lipinski definition) is 18. The number of ether oxygens (including phenoxy) is 1. The molecular formula is C100H141N9O15S5. The van der Waals surface area contributed by atoms with Gasteiger partial charge < -0.3 is 49.7 Å². The van der Waals surface area contributed by atoms with Gasteiger partial charge in [0, 0.05) is 110 Å². The van der Waals surface area contributed by atoms with Crippen LogP contribution in [0, 0.1) is 122 Å². The molecule has 1 unspecified atom stereocenters. The minimum absolute atomic E-state index is 0.00949. The molecule has 2 aliphatic heterocycles. The molecule has 5 aromatic heterocycles. The number of anilines is 4. The number of rotatable bonds is 22. The largest absolute Gasteiger partial charge is 0.477 e. The Morgan fingerprint density at radius 3 is 1.17 bits per heavy atom. The van der Waals surface area contributed by atoms with Crippen LogP contribution >= 0.6 is 45.3 Å². The first-order valence-corrected chi connectivity index (χ1v) is 51.2. The van der Waals surface area contributed by atoms with Crippen molar-refractivity contribution in [2.45, 2.75) is 264 Å². The van der Waals surface area contributed by atoms with Crippen molar-refractivity contribution in [3.8, 4) is 47.4 Å². The van der Waals surface area contributed by atoms with Gasteiger partial charge in [0.15, 0.2) is 0 Å². The minimum Gasteiger partial charge on any atom is -0.477 e. The van der Waals surface area contributed by atoms with E-state index in [1.165, 1.54) is 15.6 Å². The summed E-state index contributed by atoms with van der Waals surface area (Å²) in [7, 11) is 2.57. The molecule has 0 spiro atoms. The van der Waals surface area contributed by atoms with E-state index in [-0.39, 0.29) is 114 Å². The molecule has 5 aromatic rings. The molecule has 5 aliphatic carbocycles. The molecule has 129 heavy (non-hydrogen) atoms. The topological polar surface area (TPSA) is 301 Å². The SMILES string of the molecule is CC1CCC(C(=O)N(Cc2ccn(C)n2)c2cc(C#CC(C)(C)C)sc2C(=O)O)CC1.CC1CCC(C(=O)N(c2cc(C#CC(C)(C)C)sc2C(=O)O)C(C)CN2CCOCC2)CC1.CC1CCC(C(=O)N(c2cc(C#CC(C)(C)C)sc2C(=O)O)C2CC(CN(C)C)C2)CC1.CC1CCC(C(=O)N(c2cc(C#CC(C)(C)C)sc2C(=O)O)[C@@H]2CCN(S(C)(=O)=O)C2)CC1. The quantitative estimate of drug-likeness (QED) is 0.0468. The number of nitrogens with zero attached hydrogens (tertiary/aromatic N) is 9. The Bertz CT molecular complexity index is 5130. The van der Waals surface area contributed by atoms with Gasteiger partial charge in [-0.05, 0) is 286 Å². The van der Waals surface area contributed by atoms with Gasteiger partial charge in [-0.25, -0.2) is 31.9 Å². The Hall–Kier alpha value is -8.20. The second-order valence-corrected chi connectivity index (χ2v) is 47.6. The molecule has 706 valence electrons. The number of amides is 4. The zero-order valence-corrected chi connectivity index (χ0v) is 84.1. The van der Waals surface area contributed by atoms with Crippen LogP contribution in [0.25, 0.3) is 0 Å². The van der Waals surface area contributed by atoms with E-state index in [2.05, 4.69) is 104 Å². The van der Waals surface area contributed by atoms with Gasteiger partial charge in [-0.1, -0.05) is 75.1 Å². The van der Waals surface area contributed by atoms with Gasteiger partial charge in [-0.2, -0.15) is 5.10 Å². The van der Waals surface area contributed by atoms with Crippen molar-refractivity contribution in [1.82, 2.24) is 23.9 Å². The molecule has 5 saturated carbocycles. The number of carboxylic acids is 4. The molecule has 4 amide bonds. The average molecular weight is 1870 g/mol. The van der Waals surface area contributed by atoms with E-state index in [1.807, 2.05) is 126 Å². The van der Waals surface area contributed by atoms with Crippen molar-refractivity contribution in [3.05, 3.63) is 81.2 Å². The number of aromatic nitrogens is 2. The molecule has 0 bridgehead atoms. The van der Waals surface area contributed by atoms with E-state index in [1.54, 1.807) is 31.5 Å². The fraction of sp³-hybridized carbons (Fsp3) is 0.650. The van der Waals surface area contributed by atoms with E-state index in [4.69, 9.17) is 4.74 Å². The van der Waals surface area contributed by atoms with Crippen molar-refractivity contribution in [2.24, 2.45) is 82.0 Å². The maximum atomic E-state index is 13.8. The third-order valence-corrected chi connectivity index (χ3v) is 30.1. The monoisotopic (exact) mass is 1870 g/mol. The lowest BCUT2D eigenvalue weighted by molar-refractivity contribution is -0.125. The predicted octanol–water partition coefficient (Wildman–Crippen LogP) is 19.0. The zero-order valence-electron chi connectivity index (χ0n) is 80.0. The van der Waals surface area contributed by atoms with Crippen molar-refractivity contribution >= 4 is 126 Å². The highest BCUT2D eigenvalue weighted by Gasteiger charge is 2.45. The number of sulfonamides is 1. The second kappa shape index (κ2) is 45.5. The van der Waals surface area contributed by atoms with Crippen LogP contribution in [-0.2, 0) is 47.5 Å². The van der Waals surface area contributed by atoms with Crippen LogP contribution in [-0.4, -0.2) is 191 Å². The van der Waals surface area contributed by atoms with E-state index < -0.39 is 39.9 Å². The standard InChI is InChI=1S/C26H38N2O4S.C26H38N2O3S.C24H31N3O3S.C24H34N2O5S2/c1-18-6-8-20(9-7-18)24(29)28(19(2)17-27-12-14-32-15-13-27)22-16-21(10-11-26(3,4)5)33-23(22)25(30)31;1-17-7-9-19(10-8-17)24(29)28(20-13-18(14-20)16-27(5)6)22-15-21(11-12-26(2,3)4)32-23(22)25(30)31;1-16-6-8-17(9-7-16)22(28)27(15-18-11-13-26(5)25-18)20-14-19(10-12-24(2,3)4)31-21(20)23(29)30;1-16-6-8-17(9-7-16)22(27)26(18-11-13-25(15-18)33(5,30)31)20-14-19(10-12-24(2,3)4)32-21(20)23(28)29/h16,18-20H,6-9,12-15,17H2,1-5H3,(H,30,31);15,17-20H,7-10,13-14,16H2,1-6H3,(H,30,31);11,13-14,16-17H,6-9,15H2,1-5H3,(H,29,30);14,16-18H,6-9,11,13,15H2,1-5H3,(H,28,29)/t;;;16?,17?,18-/m...1/s1. The molecule has 12 rings (SSSR count). The lowest BCUT2D eigenvalue weighted by Crippen LogP contribution is -2.52. The van der Waals surface area contributed by atoms with Crippen molar-refractivity contribution in [1.29, 1.82) is 0 Å². The average Bonchev–Trinajstić information content (AvgIpc) is 1.74. The van der Waals surface area contributed by atoms with Crippen LogP contribution in [0.4, 0.5) is 22.7 Å². The minimum atomic E-state index is -3.40. The number of hydrogen-bond donors (Lipinski definition) is 4. The highest BCUT2D eigenvalue weighted by Crippen LogP contribution is 2.45. The molecule has 7 fully saturated rings. The number of carbonyl (C=O) groups excluding carboxylic acids is 4. The highest BCUT2D eigenvalue weighted by molar-refractivity contribution is 7.88. The van der Waals surface area contributed by atoms with E-state index in [0.717, 1.165) is 181 Å². The van der Waals surface area contributed by atoms with Gasteiger partial charge in [-0.3, -0.25) is 28.8 Å². The van der Waals surface area contributed by atoms with Gasteiger partial charge in [0.1, 0.15) is 19.5 Å². The van der Waals surface area contributed by atoms with Crippen LogP contribution in [0.5, 0.6) is 0 Å². The maximum Gasteiger partial charge on any atom is 0.348 e. The first-order chi connectivity index (χ1) is 60.3. The van der Waals surface area contributed by atoms with Crippen LogP contribution in [0.1, 0.15) is 304 Å². The summed E-state index contributed by atoms with van der Waals surface area (Å²) in [5.41, 5.74) is 1.73. The zero-order chi connectivity index (χ0) is 95.1. The van der Waals surface area contributed by atoms with Crippen molar-refractivity contribution in [2.75, 3.05) is 92.4 Å². The molecule has 2 saturated heterocycles. The number of thiophene rings is 4. The molecule has 7 heterocycles. The number of carbonyl (C=O) groups is 8. The third-order valence-electron chi connectivity index (χ3n) is 24.7. The summed E-state index contributed by atoms with van der Waals surface area (Å²) < 4.78 is 32.8. The molecule has 0 aromatic carbocycles. The Labute approximate surface area is 783 Å². The van der Waals surface area contributed by atoms with E-state index in [9.17, 15) is 67.2 Å². The Kier molecular flexibility index (Phi) is 36.8. The van der Waals surface area contributed by atoms with Gasteiger partial charge in [0.05, 0.1) is 80.0 Å². The normalized spacial score (nSPS) is 22.9. The van der Waals surface area contributed by atoms with Crippen molar-refractivity contribution < 1.29 is 71.9 Å². The van der Waals surface area contributed by atoms with Crippen LogP contribution in [0.15, 0.2) is 36.5 Å². The third kappa shape index (κ3) is 30.9. The Morgan fingerprint density at radius 2 is 0.829 bits per heavy atom. The second-order valence-electron chi connectivity index (χ2n) is 41.5. The van der Waals surface area contributed by atoms with E-state index in [0.29, 0.717) is 105 Å². The summed E-state index contributed by atoms with van der Waals surface area (Å²) in [6, 6.07) is 8.48. The summed E-state index contributed by atoms with van der Waals surface area (Å²) in [6.45, 7) is 40.5. The van der Waals surface area contributed by atoms with Gasteiger partial charge in [-0.15, -0.1) is 45.3 Å². The van der Waals surface area contributed by atoms with Gasteiger partial charge >= 0.3 is 23.9 Å². The molecule has 24 nitrogen and oxygen atoms in total. The summed E-state index contributed by atoms with van der Waals surface area (Å²) in [4.78, 5) is 118. The lowest BCUT2D eigenvalue weighted by atomic mass is 9.77. The van der Waals surface area contributed by atoms with Gasteiger partial charge in [0.25, 0.3) is 0 Å². The van der Waals surface area contributed by atoms with Crippen molar-refractivity contribution in [3.63, 3.8) is 0 Å². The summed E-state index contributed by atoms with van der Waals surface area (Å²) in [6.07, 6.45) is 20.2. The number of carboxylic acid groups (broad SMARTS) is 4. The van der Waals surface area contributed by atoms with Gasteiger partial charge in [0.2, 0.25) is 33.7 Å². The first kappa shape index (κ1) is 105. The van der Waals surface area contributed by atoms with Crippen LogP contribution < -0.4 is 19.6 Å².